The molecule has 0 saturated heterocycles. The second-order valence-electron chi connectivity index (χ2n) is 4.19. The number of halogens is 1. The summed E-state index contributed by atoms with van der Waals surface area (Å²) in [5.74, 6) is 0.489. The van der Waals surface area contributed by atoms with Crippen LogP contribution < -0.4 is 10.1 Å². The maximum Gasteiger partial charge on any atom is 0.289 e. The van der Waals surface area contributed by atoms with Crippen molar-refractivity contribution in [1.29, 1.82) is 0 Å². The van der Waals surface area contributed by atoms with Crippen molar-refractivity contribution in [1.82, 2.24) is 4.90 Å². The average molecular weight is 313 g/mol. The van der Waals surface area contributed by atoms with Crippen molar-refractivity contribution in [2.45, 2.75) is 19.6 Å². The van der Waals surface area contributed by atoms with Crippen molar-refractivity contribution in [3.05, 3.63) is 23.8 Å². The van der Waals surface area contributed by atoms with Gasteiger partial charge in [0.2, 0.25) is 0 Å². The second-order valence-corrected chi connectivity index (χ2v) is 4.87. The maximum atomic E-state index is 11.5. The molecule has 1 aliphatic heterocycles. The van der Waals surface area contributed by atoms with Gasteiger partial charge >= 0.3 is 0 Å². The van der Waals surface area contributed by atoms with Gasteiger partial charge in [0.25, 0.3) is 10.7 Å². The summed E-state index contributed by atoms with van der Waals surface area (Å²) >= 11 is 2.88. The standard InChI is InChI=1S/C12H13BrN2O3/c1-7-11(16)14-9-5-8(3-4-10(9)18-7)6-15(2)12(13)17/h3-5,7H,6H2,1-2H3,(H,14,16). The van der Waals surface area contributed by atoms with Gasteiger partial charge in [-0.1, -0.05) is 6.07 Å². The third kappa shape index (κ3) is 2.64. The van der Waals surface area contributed by atoms with E-state index in [-0.39, 0.29) is 10.7 Å². The maximum absolute atomic E-state index is 11.5. The van der Waals surface area contributed by atoms with Gasteiger partial charge in [0.15, 0.2) is 6.10 Å². The minimum atomic E-state index is -0.477. The normalized spacial score (nSPS) is 17.5. The first-order valence-electron chi connectivity index (χ1n) is 5.48. The van der Waals surface area contributed by atoms with Gasteiger partial charge < -0.3 is 15.0 Å². The van der Waals surface area contributed by atoms with Gasteiger partial charge in [-0.05, 0) is 24.6 Å². The van der Waals surface area contributed by atoms with Crippen molar-refractivity contribution in [2.24, 2.45) is 0 Å². The Morgan fingerprint density at radius 3 is 2.94 bits per heavy atom. The van der Waals surface area contributed by atoms with Gasteiger partial charge in [-0.15, -0.1) is 0 Å². The summed E-state index contributed by atoms with van der Waals surface area (Å²) in [5.41, 5.74) is 1.56. The van der Waals surface area contributed by atoms with Crippen LogP contribution in [0.25, 0.3) is 0 Å². The Morgan fingerprint density at radius 1 is 1.56 bits per heavy atom. The first-order valence-corrected chi connectivity index (χ1v) is 6.27. The summed E-state index contributed by atoms with van der Waals surface area (Å²) < 4.78 is 5.45. The molecular weight excluding hydrogens is 300 g/mol. The van der Waals surface area contributed by atoms with Crippen LogP contribution in [0.1, 0.15) is 12.5 Å². The fraction of sp³-hybridized carbons (Fsp3) is 0.333. The highest BCUT2D eigenvalue weighted by molar-refractivity contribution is 9.18. The third-order valence-electron chi connectivity index (χ3n) is 2.69. The van der Waals surface area contributed by atoms with Crippen LogP contribution in [-0.2, 0) is 11.3 Å². The van der Waals surface area contributed by atoms with E-state index in [1.54, 1.807) is 20.0 Å². The van der Waals surface area contributed by atoms with E-state index in [0.717, 1.165) is 5.56 Å². The largest absolute Gasteiger partial charge is 0.479 e. The first kappa shape index (κ1) is 12.9. The van der Waals surface area contributed by atoms with Crippen LogP contribution in [0.5, 0.6) is 5.75 Å². The summed E-state index contributed by atoms with van der Waals surface area (Å²) in [7, 11) is 1.69. The Hall–Kier alpha value is -1.56. The Bertz CT molecular complexity index is 504. The summed E-state index contributed by atoms with van der Waals surface area (Å²) in [5, 5.41) is 2.77. The number of nitrogens with one attached hydrogen (secondary N) is 1. The van der Waals surface area contributed by atoms with Gasteiger partial charge in [-0.2, -0.15) is 0 Å². The predicted octanol–water partition coefficient (Wildman–Crippen LogP) is 2.35. The molecule has 96 valence electrons. The molecule has 18 heavy (non-hydrogen) atoms. The van der Waals surface area contributed by atoms with E-state index < -0.39 is 6.10 Å². The summed E-state index contributed by atoms with van der Waals surface area (Å²) in [6, 6.07) is 5.48. The number of anilines is 1. The average Bonchev–Trinajstić information content (AvgIpc) is 2.31. The lowest BCUT2D eigenvalue weighted by Gasteiger charge is -2.24. The third-order valence-corrected chi connectivity index (χ3v) is 3.30. The molecule has 0 aromatic heterocycles. The lowest BCUT2D eigenvalue weighted by Crippen LogP contribution is -2.34. The smallest absolute Gasteiger partial charge is 0.289 e. The number of fused-ring (bicyclic) bond motifs is 1. The molecule has 1 aromatic carbocycles. The van der Waals surface area contributed by atoms with E-state index in [1.807, 2.05) is 12.1 Å². The molecule has 1 aliphatic rings. The molecule has 0 aliphatic carbocycles. The lowest BCUT2D eigenvalue weighted by atomic mass is 10.1. The van der Waals surface area contributed by atoms with Gasteiger partial charge in [0, 0.05) is 29.5 Å². The fourth-order valence-electron chi connectivity index (χ4n) is 1.69. The topological polar surface area (TPSA) is 58.6 Å². The highest BCUT2D eigenvalue weighted by Gasteiger charge is 2.23. The second kappa shape index (κ2) is 4.97. The molecule has 1 heterocycles. The molecule has 2 rings (SSSR count). The van der Waals surface area contributed by atoms with Gasteiger partial charge in [0.05, 0.1) is 5.69 Å². The minimum absolute atomic E-state index is 0.162. The van der Waals surface area contributed by atoms with E-state index in [4.69, 9.17) is 4.74 Å². The summed E-state index contributed by atoms with van der Waals surface area (Å²) in [4.78, 5) is 23.9. The number of hydrogen-bond donors (Lipinski definition) is 1. The van der Waals surface area contributed by atoms with Crippen LogP contribution >= 0.6 is 15.9 Å². The molecule has 0 bridgehead atoms. The lowest BCUT2D eigenvalue weighted by molar-refractivity contribution is -0.122. The molecule has 1 atom stereocenters. The number of rotatable bonds is 2. The number of carbonyl (C=O) groups is 2. The van der Waals surface area contributed by atoms with E-state index >= 15 is 0 Å². The Balaban J connectivity index is 2.20. The Morgan fingerprint density at radius 2 is 2.28 bits per heavy atom. The van der Waals surface area contributed by atoms with E-state index in [2.05, 4.69) is 21.2 Å². The monoisotopic (exact) mass is 312 g/mol. The van der Waals surface area contributed by atoms with Crippen molar-refractivity contribution >= 4 is 32.3 Å². The van der Waals surface area contributed by atoms with Crippen LogP contribution in [0.2, 0.25) is 0 Å². The molecule has 0 fully saturated rings. The van der Waals surface area contributed by atoms with Crippen LogP contribution in [0.3, 0.4) is 0 Å². The van der Waals surface area contributed by atoms with Gasteiger partial charge in [-0.25, -0.2) is 0 Å². The molecule has 2 amide bonds. The molecule has 0 spiro atoms. The van der Waals surface area contributed by atoms with Crippen molar-refractivity contribution in [3.8, 4) is 5.75 Å². The van der Waals surface area contributed by atoms with E-state index in [0.29, 0.717) is 18.0 Å². The molecule has 6 heteroatoms. The van der Waals surface area contributed by atoms with Gasteiger partial charge in [-0.3, -0.25) is 9.59 Å². The van der Waals surface area contributed by atoms with Crippen molar-refractivity contribution < 1.29 is 14.3 Å². The zero-order chi connectivity index (χ0) is 13.3. The van der Waals surface area contributed by atoms with Crippen molar-refractivity contribution in [2.75, 3.05) is 12.4 Å². The molecular formula is C12H13BrN2O3. The number of benzene rings is 1. The molecule has 1 unspecified atom stereocenters. The van der Waals surface area contributed by atoms with Crippen LogP contribution in [-0.4, -0.2) is 28.8 Å². The van der Waals surface area contributed by atoms with Crippen LogP contribution in [0.4, 0.5) is 10.5 Å². The Labute approximate surface area is 113 Å². The van der Waals surface area contributed by atoms with Gasteiger partial charge in [0.1, 0.15) is 5.75 Å². The quantitative estimate of drug-likeness (QED) is 0.673. The number of amides is 2. The summed E-state index contributed by atoms with van der Waals surface area (Å²) in [6.45, 7) is 2.16. The zero-order valence-electron chi connectivity index (χ0n) is 10.1. The van der Waals surface area contributed by atoms with Crippen LogP contribution in [0.15, 0.2) is 18.2 Å². The minimum Gasteiger partial charge on any atom is -0.479 e. The van der Waals surface area contributed by atoms with E-state index in [1.165, 1.54) is 4.90 Å². The molecule has 1 aromatic rings. The summed E-state index contributed by atoms with van der Waals surface area (Å²) in [6.07, 6.45) is -0.477. The number of hydrogen-bond acceptors (Lipinski definition) is 3. The molecule has 0 radical (unpaired) electrons. The SMILES string of the molecule is CC1Oc2ccc(CN(C)C(=O)Br)cc2NC1=O. The fourth-order valence-corrected chi connectivity index (χ4v) is 1.82. The number of nitrogens with zero attached hydrogens (tertiary/aromatic N) is 1. The molecule has 1 N–H and O–H groups in total. The highest BCUT2D eigenvalue weighted by atomic mass is 79.9. The molecule has 5 nitrogen and oxygen atoms in total. The van der Waals surface area contributed by atoms with Crippen molar-refractivity contribution in [3.63, 3.8) is 0 Å². The van der Waals surface area contributed by atoms with E-state index in [9.17, 15) is 9.59 Å². The predicted molar refractivity (Wildman–Crippen MR) is 71.0 cm³/mol. The zero-order valence-corrected chi connectivity index (χ0v) is 11.7. The number of ether oxygens (including phenoxy) is 1. The molecule has 0 saturated carbocycles. The highest BCUT2D eigenvalue weighted by Crippen LogP contribution is 2.30. The Kier molecular flexibility index (Phi) is 3.56. The first-order chi connectivity index (χ1) is 8.47. The van der Waals surface area contributed by atoms with Crippen LogP contribution in [0, 0.1) is 0 Å². The number of carbonyl (C=O) groups excluding carboxylic acids is 2.